The van der Waals surface area contributed by atoms with Crippen molar-refractivity contribution < 1.29 is 13.2 Å². The highest BCUT2D eigenvalue weighted by Gasteiger charge is 2.36. The van der Waals surface area contributed by atoms with Crippen LogP contribution >= 0.6 is 0 Å². The topological polar surface area (TPSA) is 91.1 Å². The van der Waals surface area contributed by atoms with E-state index >= 15 is 0 Å². The van der Waals surface area contributed by atoms with Gasteiger partial charge < -0.3 is 0 Å². The molecule has 1 heterocycles. The summed E-state index contributed by atoms with van der Waals surface area (Å²) in [4.78, 5) is 16.2. The van der Waals surface area contributed by atoms with Gasteiger partial charge in [-0.1, -0.05) is 13.8 Å². The third-order valence-corrected chi connectivity index (χ3v) is 5.82. The molecule has 0 amide bonds. The maximum absolute atomic E-state index is 12.4. The quantitative estimate of drug-likeness (QED) is 0.762. The predicted octanol–water partition coefficient (Wildman–Crippen LogP) is 1.70. The third-order valence-electron chi connectivity index (χ3n) is 3.79. The van der Waals surface area contributed by atoms with Crippen LogP contribution < -0.4 is 0 Å². The standard InChI is InChI=1S/C15H19N3O3S/c1-3-18(4-2)22(20,21)12-7-8-14(17-10-12)13(9-16)15(19)11-5-6-11/h7-8,10-11,13H,3-6H2,1-2H3. The smallest absolute Gasteiger partial charge is 0.244 e. The van der Waals surface area contributed by atoms with Crippen molar-refractivity contribution in [1.82, 2.24) is 9.29 Å². The molecule has 0 bridgehead atoms. The molecule has 0 aromatic carbocycles. The Morgan fingerprint density at radius 2 is 2.05 bits per heavy atom. The predicted molar refractivity (Wildman–Crippen MR) is 80.4 cm³/mol. The molecule has 1 aromatic heterocycles. The second kappa shape index (κ2) is 6.55. The molecule has 0 saturated heterocycles. The van der Waals surface area contributed by atoms with E-state index in [2.05, 4.69) is 4.98 Å². The lowest BCUT2D eigenvalue weighted by Crippen LogP contribution is -2.30. The van der Waals surface area contributed by atoms with Crippen molar-refractivity contribution in [3.8, 4) is 6.07 Å². The molecular formula is C15H19N3O3S. The molecule has 0 N–H and O–H groups in total. The fourth-order valence-corrected chi connectivity index (χ4v) is 3.71. The number of nitrogens with zero attached hydrogens (tertiary/aromatic N) is 3. The molecule has 0 aliphatic heterocycles. The Balaban J connectivity index is 2.26. The molecule has 0 spiro atoms. The van der Waals surface area contributed by atoms with Gasteiger partial charge in [-0.2, -0.15) is 9.57 Å². The zero-order valence-corrected chi connectivity index (χ0v) is 13.5. The van der Waals surface area contributed by atoms with Crippen molar-refractivity contribution in [3.05, 3.63) is 24.0 Å². The molecule has 7 heteroatoms. The SMILES string of the molecule is CCN(CC)S(=O)(=O)c1ccc(C(C#N)C(=O)C2CC2)nc1. The van der Waals surface area contributed by atoms with Crippen LogP contribution in [0, 0.1) is 17.2 Å². The molecule has 1 aliphatic carbocycles. The number of hydrogen-bond donors (Lipinski definition) is 0. The van der Waals surface area contributed by atoms with Crippen molar-refractivity contribution >= 4 is 15.8 Å². The summed E-state index contributed by atoms with van der Waals surface area (Å²) in [6.07, 6.45) is 2.88. The minimum absolute atomic E-state index is 0.0365. The third kappa shape index (κ3) is 3.18. The van der Waals surface area contributed by atoms with Gasteiger partial charge in [-0.25, -0.2) is 8.42 Å². The van der Waals surface area contributed by atoms with Gasteiger partial charge in [-0.3, -0.25) is 9.78 Å². The van der Waals surface area contributed by atoms with Crippen LogP contribution in [-0.2, 0) is 14.8 Å². The van der Waals surface area contributed by atoms with Crippen LogP contribution in [-0.4, -0.2) is 36.6 Å². The van der Waals surface area contributed by atoms with Crippen molar-refractivity contribution in [2.24, 2.45) is 5.92 Å². The van der Waals surface area contributed by atoms with Gasteiger partial charge in [-0.05, 0) is 25.0 Å². The number of pyridine rings is 1. The normalized spacial score (nSPS) is 16.3. The minimum atomic E-state index is -3.57. The Morgan fingerprint density at radius 1 is 1.41 bits per heavy atom. The van der Waals surface area contributed by atoms with Crippen LogP contribution in [0.15, 0.2) is 23.2 Å². The Labute approximate surface area is 130 Å². The van der Waals surface area contributed by atoms with Crippen LogP contribution in [0.25, 0.3) is 0 Å². The number of rotatable bonds is 7. The highest BCUT2D eigenvalue weighted by Crippen LogP contribution is 2.35. The molecule has 1 saturated carbocycles. The fourth-order valence-electron chi connectivity index (χ4n) is 2.31. The maximum atomic E-state index is 12.4. The van der Waals surface area contributed by atoms with E-state index < -0.39 is 15.9 Å². The van der Waals surface area contributed by atoms with Crippen LogP contribution in [0.2, 0.25) is 0 Å². The van der Waals surface area contributed by atoms with Crippen molar-refractivity contribution in [1.29, 1.82) is 5.26 Å². The second-order valence-electron chi connectivity index (χ2n) is 5.25. The summed E-state index contributed by atoms with van der Waals surface area (Å²) >= 11 is 0. The number of sulfonamides is 1. The number of hydrogen-bond acceptors (Lipinski definition) is 5. The molecule has 0 radical (unpaired) electrons. The fraction of sp³-hybridized carbons (Fsp3) is 0.533. The van der Waals surface area contributed by atoms with Gasteiger partial charge in [0.25, 0.3) is 0 Å². The van der Waals surface area contributed by atoms with Gasteiger partial charge in [0.05, 0.1) is 11.8 Å². The van der Waals surface area contributed by atoms with E-state index in [1.54, 1.807) is 13.8 Å². The molecule has 1 atom stereocenters. The molecule has 6 nitrogen and oxygen atoms in total. The van der Waals surface area contributed by atoms with Crippen LogP contribution in [0.4, 0.5) is 0 Å². The van der Waals surface area contributed by atoms with E-state index in [4.69, 9.17) is 0 Å². The minimum Gasteiger partial charge on any atom is -0.297 e. The summed E-state index contributed by atoms with van der Waals surface area (Å²) in [5.41, 5.74) is 0.317. The summed E-state index contributed by atoms with van der Waals surface area (Å²) in [7, 11) is -3.57. The maximum Gasteiger partial charge on any atom is 0.244 e. The molecule has 2 rings (SSSR count). The Kier molecular flexibility index (Phi) is 4.94. The summed E-state index contributed by atoms with van der Waals surface area (Å²) in [6.45, 7) is 4.29. The van der Waals surface area contributed by atoms with Crippen molar-refractivity contribution in [2.75, 3.05) is 13.1 Å². The lowest BCUT2D eigenvalue weighted by molar-refractivity contribution is -0.120. The van der Waals surface area contributed by atoms with E-state index in [1.165, 1.54) is 22.6 Å². The van der Waals surface area contributed by atoms with E-state index in [0.29, 0.717) is 18.8 Å². The zero-order valence-electron chi connectivity index (χ0n) is 12.7. The van der Waals surface area contributed by atoms with Gasteiger partial charge in [0.15, 0.2) is 5.78 Å². The lowest BCUT2D eigenvalue weighted by atomic mass is 9.98. The van der Waals surface area contributed by atoms with Crippen LogP contribution in [0.3, 0.4) is 0 Å². The monoisotopic (exact) mass is 321 g/mol. The molecule has 22 heavy (non-hydrogen) atoms. The van der Waals surface area contributed by atoms with E-state index in [1.807, 2.05) is 6.07 Å². The summed E-state index contributed by atoms with van der Waals surface area (Å²) in [5.74, 6) is -1.06. The first kappa shape index (κ1) is 16.6. The van der Waals surface area contributed by atoms with Gasteiger partial charge in [-0.15, -0.1) is 0 Å². The summed E-state index contributed by atoms with van der Waals surface area (Å²) in [5, 5.41) is 9.18. The number of Topliss-reactive ketones (excluding diaryl/α,β-unsaturated/α-hetero) is 1. The highest BCUT2D eigenvalue weighted by atomic mass is 32.2. The van der Waals surface area contributed by atoms with Gasteiger partial charge in [0, 0.05) is 25.2 Å². The highest BCUT2D eigenvalue weighted by molar-refractivity contribution is 7.89. The van der Waals surface area contributed by atoms with Gasteiger partial charge in [0.1, 0.15) is 10.8 Å². The molecular weight excluding hydrogens is 302 g/mol. The number of aromatic nitrogens is 1. The van der Waals surface area contributed by atoms with Crippen molar-refractivity contribution in [3.63, 3.8) is 0 Å². The average Bonchev–Trinajstić information content (AvgIpc) is 3.34. The summed E-state index contributed by atoms with van der Waals surface area (Å²) in [6, 6.07) is 4.85. The largest absolute Gasteiger partial charge is 0.297 e. The first-order valence-electron chi connectivity index (χ1n) is 7.35. The first-order valence-corrected chi connectivity index (χ1v) is 8.79. The molecule has 1 unspecified atom stereocenters. The zero-order chi connectivity index (χ0) is 16.3. The average molecular weight is 321 g/mol. The van der Waals surface area contributed by atoms with E-state index in [0.717, 1.165) is 12.8 Å². The van der Waals surface area contributed by atoms with E-state index in [9.17, 15) is 18.5 Å². The number of carbonyl (C=O) groups excluding carboxylic acids is 1. The summed E-state index contributed by atoms with van der Waals surface area (Å²) < 4.78 is 26.0. The number of carbonyl (C=O) groups is 1. The van der Waals surface area contributed by atoms with Gasteiger partial charge >= 0.3 is 0 Å². The first-order chi connectivity index (χ1) is 10.5. The molecule has 1 aromatic rings. The van der Waals surface area contributed by atoms with Gasteiger partial charge in [0.2, 0.25) is 10.0 Å². The van der Waals surface area contributed by atoms with Crippen LogP contribution in [0.1, 0.15) is 38.3 Å². The Bertz CT molecular complexity index is 684. The molecule has 1 fully saturated rings. The Hall–Kier alpha value is -1.78. The van der Waals surface area contributed by atoms with E-state index in [-0.39, 0.29) is 16.6 Å². The second-order valence-corrected chi connectivity index (χ2v) is 7.18. The Morgan fingerprint density at radius 3 is 2.45 bits per heavy atom. The molecule has 118 valence electrons. The number of nitriles is 1. The lowest BCUT2D eigenvalue weighted by Gasteiger charge is -2.18. The van der Waals surface area contributed by atoms with Crippen molar-refractivity contribution in [2.45, 2.75) is 37.5 Å². The van der Waals surface area contributed by atoms with Crippen LogP contribution in [0.5, 0.6) is 0 Å². The molecule has 1 aliphatic rings. The number of ketones is 1.